The zero-order valence-corrected chi connectivity index (χ0v) is 9.44. The van der Waals surface area contributed by atoms with Crippen molar-refractivity contribution >= 4 is 17.0 Å². The molecule has 0 bridgehead atoms. The van der Waals surface area contributed by atoms with E-state index in [1.165, 1.54) is 12.1 Å². The van der Waals surface area contributed by atoms with Crippen LogP contribution in [0.5, 0.6) is 0 Å². The SMILES string of the molecule is CC(C)(CNC(=O)Cl)c1ccc(F)cc1. The third-order valence-corrected chi connectivity index (χ3v) is 2.43. The molecule has 2 nitrogen and oxygen atoms in total. The Balaban J connectivity index is 2.76. The summed E-state index contributed by atoms with van der Waals surface area (Å²) in [6.07, 6.45) is 0. The highest BCUT2D eigenvalue weighted by atomic mass is 35.5. The van der Waals surface area contributed by atoms with Crippen molar-refractivity contribution in [3.05, 3.63) is 35.6 Å². The Morgan fingerprint density at radius 1 is 1.40 bits per heavy atom. The quantitative estimate of drug-likeness (QED) is 0.627. The molecule has 0 aromatic heterocycles. The van der Waals surface area contributed by atoms with E-state index in [0.717, 1.165) is 5.56 Å². The molecule has 0 atom stereocenters. The Bertz CT molecular complexity index is 348. The molecule has 15 heavy (non-hydrogen) atoms. The predicted molar refractivity (Wildman–Crippen MR) is 58.7 cm³/mol. The van der Waals surface area contributed by atoms with Gasteiger partial charge in [0.15, 0.2) is 0 Å². The minimum Gasteiger partial charge on any atom is -0.342 e. The highest BCUT2D eigenvalue weighted by molar-refractivity contribution is 6.62. The van der Waals surface area contributed by atoms with Crippen LogP contribution in [0.15, 0.2) is 24.3 Å². The minimum atomic E-state index is -0.579. The summed E-state index contributed by atoms with van der Waals surface area (Å²) in [6, 6.07) is 6.21. The lowest BCUT2D eigenvalue weighted by atomic mass is 9.85. The predicted octanol–water partition coefficient (Wildman–Crippen LogP) is 3.05. The van der Waals surface area contributed by atoms with Gasteiger partial charge >= 0.3 is 5.37 Å². The fraction of sp³-hybridized carbons (Fsp3) is 0.364. The van der Waals surface area contributed by atoms with Crippen LogP contribution in [0.25, 0.3) is 0 Å². The van der Waals surface area contributed by atoms with E-state index in [0.29, 0.717) is 6.54 Å². The summed E-state index contributed by atoms with van der Waals surface area (Å²) in [5, 5.41) is 1.95. The summed E-state index contributed by atoms with van der Waals surface area (Å²) in [5.74, 6) is -0.268. The lowest BCUT2D eigenvalue weighted by Gasteiger charge is -2.24. The number of rotatable bonds is 3. The van der Waals surface area contributed by atoms with Gasteiger partial charge in [0.05, 0.1) is 0 Å². The van der Waals surface area contributed by atoms with Crippen LogP contribution in [-0.4, -0.2) is 11.9 Å². The molecule has 1 rings (SSSR count). The van der Waals surface area contributed by atoms with E-state index in [2.05, 4.69) is 5.32 Å². The van der Waals surface area contributed by atoms with Crippen molar-refractivity contribution in [2.75, 3.05) is 6.54 Å². The summed E-state index contributed by atoms with van der Waals surface area (Å²) >= 11 is 5.19. The average Bonchev–Trinajstić information content (AvgIpc) is 2.16. The maximum absolute atomic E-state index is 12.7. The topological polar surface area (TPSA) is 29.1 Å². The standard InChI is InChI=1S/C11H13ClFNO/c1-11(2,7-14-10(12)15)8-3-5-9(13)6-4-8/h3-6H,7H2,1-2H3,(H,14,15). The summed E-state index contributed by atoms with van der Waals surface area (Å²) in [4.78, 5) is 10.6. The van der Waals surface area contributed by atoms with Crippen LogP contribution in [0, 0.1) is 5.82 Å². The van der Waals surface area contributed by atoms with Gasteiger partial charge < -0.3 is 5.32 Å². The molecule has 0 radical (unpaired) electrons. The van der Waals surface area contributed by atoms with Crippen LogP contribution >= 0.6 is 11.6 Å². The number of hydrogen-bond donors (Lipinski definition) is 1. The van der Waals surface area contributed by atoms with Crippen molar-refractivity contribution in [2.24, 2.45) is 0 Å². The first-order valence-electron chi connectivity index (χ1n) is 4.61. The molecule has 0 heterocycles. The van der Waals surface area contributed by atoms with Gasteiger partial charge in [-0.1, -0.05) is 26.0 Å². The summed E-state index contributed by atoms with van der Waals surface area (Å²) in [5.41, 5.74) is 0.687. The number of hydrogen-bond acceptors (Lipinski definition) is 1. The van der Waals surface area contributed by atoms with Gasteiger partial charge in [-0.25, -0.2) is 4.39 Å². The van der Waals surface area contributed by atoms with E-state index in [4.69, 9.17) is 11.6 Å². The van der Waals surface area contributed by atoms with Gasteiger partial charge in [-0.2, -0.15) is 0 Å². The van der Waals surface area contributed by atoms with Crippen LogP contribution in [-0.2, 0) is 5.41 Å². The second-order valence-corrected chi connectivity index (χ2v) is 4.36. The van der Waals surface area contributed by atoms with Gasteiger partial charge in [-0.3, -0.25) is 4.79 Å². The molecule has 82 valence electrons. The van der Waals surface area contributed by atoms with Crippen LogP contribution in [0.2, 0.25) is 0 Å². The maximum atomic E-state index is 12.7. The van der Waals surface area contributed by atoms with Crippen molar-refractivity contribution in [1.82, 2.24) is 5.32 Å². The van der Waals surface area contributed by atoms with E-state index in [1.807, 2.05) is 13.8 Å². The molecule has 4 heteroatoms. The Hall–Kier alpha value is -1.09. The molecule has 0 fully saturated rings. The van der Waals surface area contributed by atoms with Gasteiger partial charge in [0.2, 0.25) is 0 Å². The molecular weight excluding hydrogens is 217 g/mol. The van der Waals surface area contributed by atoms with E-state index in [1.54, 1.807) is 12.1 Å². The first-order valence-corrected chi connectivity index (χ1v) is 4.99. The lowest BCUT2D eigenvalue weighted by Crippen LogP contribution is -2.34. The van der Waals surface area contributed by atoms with E-state index in [9.17, 15) is 9.18 Å². The lowest BCUT2D eigenvalue weighted by molar-refractivity contribution is 0.257. The first-order chi connectivity index (χ1) is 6.92. The molecule has 0 aliphatic rings. The van der Waals surface area contributed by atoms with Crippen molar-refractivity contribution < 1.29 is 9.18 Å². The third-order valence-electron chi connectivity index (χ3n) is 2.30. The molecule has 1 N–H and O–H groups in total. The molecule has 1 aromatic rings. The average molecular weight is 230 g/mol. The summed E-state index contributed by atoms with van der Waals surface area (Å²) in [7, 11) is 0. The van der Waals surface area contributed by atoms with Crippen molar-refractivity contribution in [2.45, 2.75) is 19.3 Å². The number of amides is 1. The number of carbonyl (C=O) groups is 1. The molecule has 0 saturated heterocycles. The van der Waals surface area contributed by atoms with Gasteiger partial charge in [-0.15, -0.1) is 0 Å². The molecule has 0 unspecified atom stereocenters. The zero-order valence-electron chi connectivity index (χ0n) is 8.68. The van der Waals surface area contributed by atoms with Crippen LogP contribution < -0.4 is 5.32 Å². The largest absolute Gasteiger partial charge is 0.342 e. The number of nitrogens with one attached hydrogen (secondary N) is 1. The molecule has 0 saturated carbocycles. The summed E-state index contributed by atoms with van der Waals surface area (Å²) < 4.78 is 12.7. The monoisotopic (exact) mass is 229 g/mol. The first kappa shape index (κ1) is 12.0. The molecule has 1 amide bonds. The van der Waals surface area contributed by atoms with Crippen LogP contribution in [0.3, 0.4) is 0 Å². The van der Waals surface area contributed by atoms with E-state index < -0.39 is 5.37 Å². The highest BCUT2D eigenvalue weighted by Crippen LogP contribution is 2.22. The highest BCUT2D eigenvalue weighted by Gasteiger charge is 2.20. The molecule has 1 aromatic carbocycles. The Kier molecular flexibility index (Phi) is 3.69. The fourth-order valence-electron chi connectivity index (χ4n) is 1.29. The molecular formula is C11H13ClFNO. The number of benzene rings is 1. The molecule has 0 spiro atoms. The number of halogens is 2. The maximum Gasteiger partial charge on any atom is 0.313 e. The van der Waals surface area contributed by atoms with Gasteiger partial charge in [0.25, 0.3) is 0 Å². The van der Waals surface area contributed by atoms with E-state index in [-0.39, 0.29) is 11.2 Å². The van der Waals surface area contributed by atoms with Crippen molar-refractivity contribution in [3.8, 4) is 0 Å². The van der Waals surface area contributed by atoms with Crippen LogP contribution in [0.4, 0.5) is 9.18 Å². The second kappa shape index (κ2) is 4.62. The van der Waals surface area contributed by atoms with Crippen molar-refractivity contribution in [1.29, 1.82) is 0 Å². The Morgan fingerprint density at radius 3 is 2.40 bits per heavy atom. The van der Waals surface area contributed by atoms with Gasteiger partial charge in [0, 0.05) is 12.0 Å². The second-order valence-electron chi connectivity index (χ2n) is 4.02. The fourth-order valence-corrected chi connectivity index (χ4v) is 1.36. The van der Waals surface area contributed by atoms with Gasteiger partial charge in [0.1, 0.15) is 5.82 Å². The smallest absolute Gasteiger partial charge is 0.313 e. The Labute approximate surface area is 93.4 Å². The zero-order chi connectivity index (χ0) is 11.5. The normalized spacial score (nSPS) is 11.2. The Morgan fingerprint density at radius 2 is 1.93 bits per heavy atom. The number of carbonyl (C=O) groups excluding carboxylic acids is 1. The van der Waals surface area contributed by atoms with E-state index >= 15 is 0 Å². The molecule has 0 aliphatic heterocycles. The van der Waals surface area contributed by atoms with Gasteiger partial charge in [-0.05, 0) is 29.3 Å². The van der Waals surface area contributed by atoms with Crippen LogP contribution in [0.1, 0.15) is 19.4 Å². The third kappa shape index (κ3) is 3.51. The van der Waals surface area contributed by atoms with Crippen molar-refractivity contribution in [3.63, 3.8) is 0 Å². The molecule has 0 aliphatic carbocycles. The minimum absolute atomic E-state index is 0.266. The summed E-state index contributed by atoms with van der Waals surface area (Å²) in [6.45, 7) is 4.32.